The van der Waals surface area contributed by atoms with Gasteiger partial charge in [0, 0.05) is 6.54 Å². The molecule has 0 aliphatic carbocycles. The van der Waals surface area contributed by atoms with Crippen LogP contribution in [0.15, 0.2) is 29.2 Å². The van der Waals surface area contributed by atoms with Crippen molar-refractivity contribution in [2.75, 3.05) is 13.7 Å². The Bertz CT molecular complexity index is 602. The third kappa shape index (κ3) is 2.53. The number of nitrogens with zero attached hydrogens (tertiary/aromatic N) is 1. The molecule has 1 aliphatic heterocycles. The number of carbonyl (C=O) groups is 1. The van der Waals surface area contributed by atoms with Gasteiger partial charge in [0.1, 0.15) is 12.0 Å². The van der Waals surface area contributed by atoms with Gasteiger partial charge in [0.2, 0.25) is 10.0 Å². The lowest BCUT2D eigenvalue weighted by molar-refractivity contribution is -0.145. The highest BCUT2D eigenvalue weighted by atomic mass is 32.2. The number of esters is 1. The predicted octanol–water partition coefficient (Wildman–Crippen LogP) is 1.10. The lowest BCUT2D eigenvalue weighted by Crippen LogP contribution is -2.44. The fourth-order valence-electron chi connectivity index (χ4n) is 2.13. The Labute approximate surface area is 115 Å². The van der Waals surface area contributed by atoms with E-state index in [9.17, 15) is 22.0 Å². The maximum absolute atomic E-state index is 13.7. The molecular formula is C12H13F2NO4S. The molecule has 1 fully saturated rings. The number of carbonyl (C=O) groups excluding carboxylic acids is 1. The van der Waals surface area contributed by atoms with E-state index in [-0.39, 0.29) is 17.9 Å². The van der Waals surface area contributed by atoms with E-state index >= 15 is 0 Å². The zero-order chi connectivity index (χ0) is 14.9. The molecule has 110 valence electrons. The summed E-state index contributed by atoms with van der Waals surface area (Å²) in [6, 6.07) is 2.64. The van der Waals surface area contributed by atoms with Crippen LogP contribution in [0.2, 0.25) is 0 Å². The van der Waals surface area contributed by atoms with Gasteiger partial charge in [-0.25, -0.2) is 17.2 Å². The summed E-state index contributed by atoms with van der Waals surface area (Å²) in [6.07, 6.45) is -1.70. The number of rotatable bonds is 3. The second kappa shape index (κ2) is 5.45. The SMILES string of the molecule is COC(=O)[C@@H]1[C@@H](F)CCN1S(=O)(=O)c1ccc(F)cc1. The summed E-state index contributed by atoms with van der Waals surface area (Å²) in [5.41, 5.74) is 0. The van der Waals surface area contributed by atoms with Crippen LogP contribution in [0.4, 0.5) is 8.78 Å². The van der Waals surface area contributed by atoms with Crippen molar-refractivity contribution >= 4 is 16.0 Å². The number of ether oxygens (including phenoxy) is 1. The molecule has 0 radical (unpaired) electrons. The lowest BCUT2D eigenvalue weighted by atomic mass is 10.2. The molecular weight excluding hydrogens is 292 g/mol. The number of sulfonamides is 1. The highest BCUT2D eigenvalue weighted by molar-refractivity contribution is 7.89. The monoisotopic (exact) mass is 305 g/mol. The predicted molar refractivity (Wildman–Crippen MR) is 65.6 cm³/mol. The van der Waals surface area contributed by atoms with Crippen LogP contribution in [0.5, 0.6) is 0 Å². The minimum atomic E-state index is -4.07. The third-order valence-corrected chi connectivity index (χ3v) is 5.04. The summed E-state index contributed by atoms with van der Waals surface area (Å²) >= 11 is 0. The number of hydrogen-bond donors (Lipinski definition) is 0. The molecule has 1 saturated heterocycles. The standard InChI is InChI=1S/C12H13F2NO4S/c1-19-12(16)11-10(14)6-7-15(11)20(17,18)9-4-2-8(13)3-5-9/h2-5,10-11H,6-7H2,1H3/t10-,11-/m0/s1. The molecule has 0 bridgehead atoms. The Hall–Kier alpha value is -1.54. The molecule has 1 aromatic rings. The molecule has 0 unspecified atom stereocenters. The number of benzene rings is 1. The smallest absolute Gasteiger partial charge is 0.327 e. The molecule has 1 heterocycles. The van der Waals surface area contributed by atoms with E-state index in [2.05, 4.69) is 4.74 Å². The van der Waals surface area contributed by atoms with E-state index in [0.717, 1.165) is 35.7 Å². The zero-order valence-corrected chi connectivity index (χ0v) is 11.4. The average Bonchev–Trinajstić information content (AvgIpc) is 2.81. The first-order valence-electron chi connectivity index (χ1n) is 5.87. The third-order valence-electron chi connectivity index (χ3n) is 3.14. The quantitative estimate of drug-likeness (QED) is 0.785. The summed E-state index contributed by atoms with van der Waals surface area (Å²) in [6.45, 7) is -0.124. The van der Waals surface area contributed by atoms with Gasteiger partial charge < -0.3 is 4.74 Å². The molecule has 0 saturated carbocycles. The molecule has 20 heavy (non-hydrogen) atoms. The van der Waals surface area contributed by atoms with Crippen molar-refractivity contribution in [3.8, 4) is 0 Å². The Morgan fingerprint density at radius 1 is 1.35 bits per heavy atom. The fraction of sp³-hybridized carbons (Fsp3) is 0.417. The fourth-order valence-corrected chi connectivity index (χ4v) is 3.74. The van der Waals surface area contributed by atoms with Crippen LogP contribution >= 0.6 is 0 Å². The first kappa shape index (κ1) is 14.9. The van der Waals surface area contributed by atoms with E-state index in [1.54, 1.807) is 0 Å². The molecule has 0 amide bonds. The lowest BCUT2D eigenvalue weighted by Gasteiger charge is -2.22. The summed E-state index contributed by atoms with van der Waals surface area (Å²) < 4.78 is 56.5. The van der Waals surface area contributed by atoms with Crippen molar-refractivity contribution in [3.63, 3.8) is 0 Å². The molecule has 2 rings (SSSR count). The van der Waals surface area contributed by atoms with Gasteiger partial charge in [0.15, 0.2) is 6.04 Å². The van der Waals surface area contributed by atoms with Gasteiger partial charge in [0.25, 0.3) is 0 Å². The Morgan fingerprint density at radius 2 is 1.95 bits per heavy atom. The number of methoxy groups -OCH3 is 1. The molecule has 1 aliphatic rings. The van der Waals surface area contributed by atoms with Crippen LogP contribution in [0.1, 0.15) is 6.42 Å². The van der Waals surface area contributed by atoms with Gasteiger partial charge in [-0.2, -0.15) is 4.31 Å². The minimum Gasteiger partial charge on any atom is -0.468 e. The number of hydrogen-bond acceptors (Lipinski definition) is 4. The second-order valence-electron chi connectivity index (χ2n) is 4.34. The normalized spacial score (nSPS) is 23.8. The van der Waals surface area contributed by atoms with Gasteiger partial charge in [-0.15, -0.1) is 0 Å². The van der Waals surface area contributed by atoms with Gasteiger partial charge in [-0.1, -0.05) is 0 Å². The van der Waals surface area contributed by atoms with Crippen LogP contribution in [0.25, 0.3) is 0 Å². The zero-order valence-electron chi connectivity index (χ0n) is 10.6. The van der Waals surface area contributed by atoms with Crippen LogP contribution in [0, 0.1) is 5.82 Å². The first-order chi connectivity index (χ1) is 9.37. The molecule has 5 nitrogen and oxygen atoms in total. The van der Waals surface area contributed by atoms with E-state index in [4.69, 9.17) is 0 Å². The number of alkyl halides is 1. The molecule has 0 N–H and O–H groups in total. The first-order valence-corrected chi connectivity index (χ1v) is 7.31. The van der Waals surface area contributed by atoms with Crippen molar-refractivity contribution in [1.82, 2.24) is 4.31 Å². The van der Waals surface area contributed by atoms with Gasteiger partial charge in [-0.3, -0.25) is 4.79 Å². The Morgan fingerprint density at radius 3 is 2.50 bits per heavy atom. The van der Waals surface area contributed by atoms with Crippen molar-refractivity contribution < 1.29 is 26.7 Å². The van der Waals surface area contributed by atoms with Gasteiger partial charge in [0.05, 0.1) is 12.0 Å². The van der Waals surface area contributed by atoms with E-state index in [0.29, 0.717) is 0 Å². The van der Waals surface area contributed by atoms with Crippen LogP contribution in [-0.2, 0) is 19.6 Å². The Balaban J connectivity index is 2.38. The molecule has 1 aromatic carbocycles. The van der Waals surface area contributed by atoms with Crippen LogP contribution < -0.4 is 0 Å². The van der Waals surface area contributed by atoms with Crippen molar-refractivity contribution in [3.05, 3.63) is 30.1 Å². The summed E-state index contributed by atoms with van der Waals surface area (Å²) in [4.78, 5) is 11.3. The van der Waals surface area contributed by atoms with Crippen molar-refractivity contribution in [2.24, 2.45) is 0 Å². The highest BCUT2D eigenvalue weighted by Crippen LogP contribution is 2.28. The molecule has 8 heteroatoms. The summed E-state index contributed by atoms with van der Waals surface area (Å²) in [5, 5.41) is 0. The summed E-state index contributed by atoms with van der Waals surface area (Å²) in [7, 11) is -3.00. The molecule has 2 atom stereocenters. The molecule has 0 aromatic heterocycles. The largest absolute Gasteiger partial charge is 0.468 e. The van der Waals surface area contributed by atoms with Crippen LogP contribution in [0.3, 0.4) is 0 Å². The number of halogens is 2. The van der Waals surface area contributed by atoms with Crippen molar-refractivity contribution in [2.45, 2.75) is 23.5 Å². The minimum absolute atomic E-state index is 0.0831. The van der Waals surface area contributed by atoms with Gasteiger partial charge >= 0.3 is 5.97 Å². The maximum Gasteiger partial charge on any atom is 0.327 e. The highest BCUT2D eigenvalue weighted by Gasteiger charge is 2.46. The van der Waals surface area contributed by atoms with Gasteiger partial charge in [-0.05, 0) is 30.7 Å². The van der Waals surface area contributed by atoms with E-state index in [1.807, 2.05) is 0 Å². The van der Waals surface area contributed by atoms with E-state index < -0.39 is 34.0 Å². The topological polar surface area (TPSA) is 63.7 Å². The van der Waals surface area contributed by atoms with Crippen molar-refractivity contribution in [1.29, 1.82) is 0 Å². The average molecular weight is 305 g/mol. The second-order valence-corrected chi connectivity index (χ2v) is 6.23. The molecule has 0 spiro atoms. The van der Waals surface area contributed by atoms with Crippen LogP contribution in [-0.4, -0.2) is 44.6 Å². The summed E-state index contributed by atoms with van der Waals surface area (Å²) in [5.74, 6) is -1.53. The maximum atomic E-state index is 13.7. The Kier molecular flexibility index (Phi) is 4.05. The van der Waals surface area contributed by atoms with E-state index in [1.165, 1.54) is 0 Å².